The number of carbonyl (C=O) groups is 3. The van der Waals surface area contributed by atoms with Gasteiger partial charge in [-0.3, -0.25) is 14.6 Å². The molecule has 7 nitrogen and oxygen atoms in total. The summed E-state index contributed by atoms with van der Waals surface area (Å²) in [5.41, 5.74) is -0.252. The standard InChI is InChI=1S/C13H16N2O5/c1-15(8-4-6-10(16)20-2)12(17)11-9(13(18)19)5-3-7-14-11/h3,5,7H,4,6,8H2,1-2H3,(H,18,19). The van der Waals surface area contributed by atoms with Gasteiger partial charge in [-0.1, -0.05) is 0 Å². The van der Waals surface area contributed by atoms with Gasteiger partial charge >= 0.3 is 11.9 Å². The molecule has 0 bridgehead atoms. The van der Waals surface area contributed by atoms with Crippen molar-refractivity contribution < 1.29 is 24.2 Å². The van der Waals surface area contributed by atoms with Crippen LogP contribution in [0.15, 0.2) is 18.3 Å². The van der Waals surface area contributed by atoms with Crippen LogP contribution >= 0.6 is 0 Å². The summed E-state index contributed by atoms with van der Waals surface area (Å²) in [6.45, 7) is 0.309. The van der Waals surface area contributed by atoms with E-state index in [9.17, 15) is 14.4 Å². The van der Waals surface area contributed by atoms with Gasteiger partial charge in [-0.2, -0.15) is 0 Å². The normalized spacial score (nSPS) is 9.90. The number of nitrogens with zero attached hydrogens (tertiary/aromatic N) is 2. The average molecular weight is 280 g/mol. The molecule has 0 aliphatic heterocycles. The van der Waals surface area contributed by atoms with Crippen molar-refractivity contribution in [2.75, 3.05) is 20.7 Å². The van der Waals surface area contributed by atoms with Crippen molar-refractivity contribution in [3.8, 4) is 0 Å². The number of pyridine rings is 1. The summed E-state index contributed by atoms with van der Waals surface area (Å²) in [7, 11) is 2.82. The number of aromatic carboxylic acids is 1. The quantitative estimate of drug-likeness (QED) is 0.774. The predicted molar refractivity (Wildman–Crippen MR) is 69.4 cm³/mol. The first-order valence-electron chi connectivity index (χ1n) is 5.98. The molecule has 1 aromatic rings. The lowest BCUT2D eigenvalue weighted by molar-refractivity contribution is -0.140. The molecule has 1 N–H and O–H groups in total. The summed E-state index contributed by atoms with van der Waals surface area (Å²) in [6.07, 6.45) is 1.99. The van der Waals surface area contributed by atoms with Crippen LogP contribution in [0.4, 0.5) is 0 Å². The smallest absolute Gasteiger partial charge is 0.338 e. The zero-order valence-electron chi connectivity index (χ0n) is 11.3. The van der Waals surface area contributed by atoms with Gasteiger partial charge in [0.25, 0.3) is 5.91 Å². The maximum Gasteiger partial charge on any atom is 0.338 e. The number of rotatable bonds is 6. The van der Waals surface area contributed by atoms with Crippen LogP contribution in [0.2, 0.25) is 0 Å². The molecule has 0 fully saturated rings. The Kier molecular flexibility index (Phi) is 5.64. The van der Waals surface area contributed by atoms with E-state index in [1.54, 1.807) is 0 Å². The predicted octanol–water partition coefficient (Wildman–Crippen LogP) is 0.805. The fourth-order valence-corrected chi connectivity index (χ4v) is 1.59. The molecule has 1 rings (SSSR count). The Balaban J connectivity index is 2.70. The van der Waals surface area contributed by atoms with Gasteiger partial charge in [0.05, 0.1) is 12.7 Å². The monoisotopic (exact) mass is 280 g/mol. The third-order valence-electron chi connectivity index (χ3n) is 2.69. The van der Waals surface area contributed by atoms with E-state index in [4.69, 9.17) is 5.11 Å². The molecule has 1 aromatic heterocycles. The first-order valence-corrected chi connectivity index (χ1v) is 5.98. The van der Waals surface area contributed by atoms with Crippen LogP contribution in [-0.4, -0.2) is 53.5 Å². The Morgan fingerprint density at radius 2 is 2.10 bits per heavy atom. The summed E-state index contributed by atoms with van der Waals surface area (Å²) in [5.74, 6) is -2.05. The molecule has 0 radical (unpaired) electrons. The van der Waals surface area contributed by atoms with E-state index < -0.39 is 11.9 Å². The van der Waals surface area contributed by atoms with Crippen LogP contribution in [0.5, 0.6) is 0 Å². The van der Waals surface area contributed by atoms with Crippen LogP contribution in [-0.2, 0) is 9.53 Å². The third kappa shape index (κ3) is 4.04. The summed E-state index contributed by atoms with van der Waals surface area (Å²) in [6, 6.07) is 2.78. The highest BCUT2D eigenvalue weighted by Crippen LogP contribution is 2.09. The van der Waals surface area contributed by atoms with Gasteiger partial charge in [0.2, 0.25) is 0 Å². The van der Waals surface area contributed by atoms with Gasteiger partial charge in [0.15, 0.2) is 0 Å². The first-order chi connectivity index (χ1) is 9.47. The van der Waals surface area contributed by atoms with Crippen molar-refractivity contribution in [3.05, 3.63) is 29.6 Å². The molecule has 0 atom stereocenters. The molecule has 0 unspecified atom stereocenters. The second kappa shape index (κ2) is 7.22. The third-order valence-corrected chi connectivity index (χ3v) is 2.69. The summed E-state index contributed by atoms with van der Waals surface area (Å²) in [4.78, 5) is 39.2. The van der Waals surface area contributed by atoms with Crippen LogP contribution in [0.1, 0.15) is 33.7 Å². The second-order valence-electron chi connectivity index (χ2n) is 4.11. The van der Waals surface area contributed by atoms with Gasteiger partial charge in [0, 0.05) is 26.2 Å². The van der Waals surface area contributed by atoms with E-state index in [2.05, 4.69) is 9.72 Å². The molecule has 1 heterocycles. The first kappa shape index (κ1) is 15.6. The van der Waals surface area contributed by atoms with Crippen LogP contribution in [0.25, 0.3) is 0 Å². The minimum atomic E-state index is -1.20. The molecule has 108 valence electrons. The fraction of sp³-hybridized carbons (Fsp3) is 0.385. The summed E-state index contributed by atoms with van der Waals surface area (Å²) < 4.78 is 4.50. The van der Waals surface area contributed by atoms with Crippen molar-refractivity contribution in [2.45, 2.75) is 12.8 Å². The van der Waals surface area contributed by atoms with E-state index in [1.165, 1.54) is 37.4 Å². The number of ether oxygens (including phenoxy) is 1. The number of aromatic nitrogens is 1. The van der Waals surface area contributed by atoms with Gasteiger partial charge in [0.1, 0.15) is 5.69 Å². The number of hydrogen-bond acceptors (Lipinski definition) is 5. The molecule has 1 amide bonds. The lowest BCUT2D eigenvalue weighted by atomic mass is 10.1. The number of carboxylic acids is 1. The molecule has 20 heavy (non-hydrogen) atoms. The number of hydrogen-bond donors (Lipinski definition) is 1. The van der Waals surface area contributed by atoms with Gasteiger partial charge in [-0.05, 0) is 18.6 Å². The van der Waals surface area contributed by atoms with Gasteiger partial charge in [-0.25, -0.2) is 4.79 Å². The molecular weight excluding hydrogens is 264 g/mol. The summed E-state index contributed by atoms with van der Waals surface area (Å²) in [5, 5.41) is 9.01. The van der Waals surface area contributed by atoms with E-state index >= 15 is 0 Å². The van der Waals surface area contributed by atoms with Gasteiger partial charge in [-0.15, -0.1) is 0 Å². The molecule has 0 spiro atoms. The maximum absolute atomic E-state index is 12.1. The maximum atomic E-state index is 12.1. The topological polar surface area (TPSA) is 96.8 Å². The Morgan fingerprint density at radius 3 is 2.70 bits per heavy atom. The van der Waals surface area contributed by atoms with Crippen molar-refractivity contribution in [2.24, 2.45) is 0 Å². The Hall–Kier alpha value is -2.44. The largest absolute Gasteiger partial charge is 0.478 e. The highest BCUT2D eigenvalue weighted by molar-refractivity contribution is 6.03. The number of esters is 1. The van der Waals surface area contributed by atoms with Crippen molar-refractivity contribution >= 4 is 17.8 Å². The van der Waals surface area contributed by atoms with Crippen LogP contribution in [0.3, 0.4) is 0 Å². The van der Waals surface area contributed by atoms with Crippen molar-refractivity contribution in [3.63, 3.8) is 0 Å². The van der Waals surface area contributed by atoms with E-state index in [0.29, 0.717) is 13.0 Å². The molecule has 7 heteroatoms. The van der Waals surface area contributed by atoms with E-state index in [1.807, 2.05) is 0 Å². The highest BCUT2D eigenvalue weighted by Gasteiger charge is 2.20. The van der Waals surface area contributed by atoms with Crippen LogP contribution < -0.4 is 0 Å². The lowest BCUT2D eigenvalue weighted by Gasteiger charge is -2.17. The van der Waals surface area contributed by atoms with Crippen molar-refractivity contribution in [1.82, 2.24) is 9.88 Å². The number of carboxylic acid groups (broad SMARTS) is 1. The minimum absolute atomic E-state index is 0.111. The Morgan fingerprint density at radius 1 is 1.40 bits per heavy atom. The van der Waals surface area contributed by atoms with Gasteiger partial charge < -0.3 is 14.7 Å². The zero-order valence-corrected chi connectivity index (χ0v) is 11.3. The second-order valence-corrected chi connectivity index (χ2v) is 4.11. The minimum Gasteiger partial charge on any atom is -0.478 e. The van der Waals surface area contributed by atoms with E-state index in [-0.39, 0.29) is 23.6 Å². The Bertz CT molecular complexity index is 515. The molecule has 0 saturated heterocycles. The average Bonchev–Trinajstić information content (AvgIpc) is 2.45. The van der Waals surface area contributed by atoms with Crippen LogP contribution in [0, 0.1) is 0 Å². The lowest BCUT2D eigenvalue weighted by Crippen LogP contribution is -2.30. The summed E-state index contributed by atoms with van der Waals surface area (Å²) >= 11 is 0. The zero-order chi connectivity index (χ0) is 15.1. The number of methoxy groups -OCH3 is 1. The number of carbonyl (C=O) groups excluding carboxylic acids is 2. The molecule has 0 saturated carbocycles. The fourth-order valence-electron chi connectivity index (χ4n) is 1.59. The molecule has 0 aliphatic rings. The molecular formula is C13H16N2O5. The molecule has 0 aliphatic carbocycles. The SMILES string of the molecule is COC(=O)CCCN(C)C(=O)c1ncccc1C(=O)O. The van der Waals surface area contributed by atoms with Crippen molar-refractivity contribution in [1.29, 1.82) is 0 Å². The Labute approximate surface area is 116 Å². The number of amides is 1. The highest BCUT2D eigenvalue weighted by atomic mass is 16.5. The molecule has 0 aromatic carbocycles. The van der Waals surface area contributed by atoms with E-state index in [0.717, 1.165) is 0 Å².